The fourth-order valence-electron chi connectivity index (χ4n) is 2.43. The van der Waals surface area contributed by atoms with Crippen LogP contribution in [0.2, 0.25) is 0 Å². The van der Waals surface area contributed by atoms with Crippen LogP contribution in [-0.4, -0.2) is 23.3 Å². The number of thiazole rings is 1. The molecule has 0 bridgehead atoms. The van der Waals surface area contributed by atoms with Gasteiger partial charge >= 0.3 is 5.97 Å². The van der Waals surface area contributed by atoms with Gasteiger partial charge in [-0.05, 0) is 6.92 Å². The van der Waals surface area contributed by atoms with Crippen molar-refractivity contribution >= 4 is 23.1 Å². The van der Waals surface area contributed by atoms with Crippen molar-refractivity contribution in [1.29, 1.82) is 0 Å². The van der Waals surface area contributed by atoms with Crippen molar-refractivity contribution < 1.29 is 14.3 Å². The number of Topliss-reactive ketones (excluding diaryl/α,β-unsaturated/α-hetero) is 1. The molecule has 1 heterocycles. The van der Waals surface area contributed by atoms with Crippen LogP contribution in [0.25, 0.3) is 11.3 Å². The van der Waals surface area contributed by atoms with E-state index in [0.717, 1.165) is 5.56 Å². The Labute approximate surface area is 150 Å². The Hall–Kier alpha value is -2.79. The fraction of sp³-hybridized carbons (Fsp3) is 0.150. The maximum absolute atomic E-state index is 12.4. The highest BCUT2D eigenvalue weighted by molar-refractivity contribution is 7.14. The molecule has 2 aromatic carbocycles. The van der Waals surface area contributed by atoms with Crippen LogP contribution in [0.1, 0.15) is 32.0 Å². The van der Waals surface area contributed by atoms with Crippen molar-refractivity contribution in [2.75, 3.05) is 6.61 Å². The molecular formula is C20H17NO3S. The summed E-state index contributed by atoms with van der Waals surface area (Å²) in [4.78, 5) is 29.7. The summed E-state index contributed by atoms with van der Waals surface area (Å²) in [7, 11) is 0. The van der Waals surface area contributed by atoms with E-state index in [0.29, 0.717) is 27.7 Å². The van der Waals surface area contributed by atoms with Crippen LogP contribution in [0, 0.1) is 0 Å². The second-order valence-electron chi connectivity index (χ2n) is 5.34. The summed E-state index contributed by atoms with van der Waals surface area (Å²) in [5, 5.41) is 0.607. The fourth-order valence-corrected chi connectivity index (χ4v) is 3.41. The van der Waals surface area contributed by atoms with E-state index in [1.54, 1.807) is 19.1 Å². The van der Waals surface area contributed by atoms with Crippen LogP contribution in [0.5, 0.6) is 0 Å². The van der Waals surface area contributed by atoms with E-state index < -0.39 is 5.97 Å². The van der Waals surface area contributed by atoms with Gasteiger partial charge in [-0.25, -0.2) is 9.78 Å². The van der Waals surface area contributed by atoms with Gasteiger partial charge in [-0.3, -0.25) is 4.79 Å². The Morgan fingerprint density at radius 1 is 1.00 bits per heavy atom. The molecule has 0 aliphatic rings. The molecule has 0 atom stereocenters. The molecule has 0 N–H and O–H groups in total. The molecule has 3 aromatic rings. The maximum Gasteiger partial charge on any atom is 0.350 e. The van der Waals surface area contributed by atoms with Crippen LogP contribution < -0.4 is 0 Å². The largest absolute Gasteiger partial charge is 0.462 e. The van der Waals surface area contributed by atoms with Crippen molar-refractivity contribution in [3.8, 4) is 11.3 Å². The average Bonchev–Trinajstić information content (AvgIpc) is 3.07. The number of ether oxygens (including phenoxy) is 1. The topological polar surface area (TPSA) is 56.3 Å². The van der Waals surface area contributed by atoms with Crippen LogP contribution in [0.3, 0.4) is 0 Å². The van der Waals surface area contributed by atoms with Gasteiger partial charge in [0, 0.05) is 11.1 Å². The molecule has 5 heteroatoms. The van der Waals surface area contributed by atoms with Gasteiger partial charge in [-0.1, -0.05) is 60.7 Å². The highest BCUT2D eigenvalue weighted by Crippen LogP contribution is 2.29. The predicted molar refractivity (Wildman–Crippen MR) is 98.0 cm³/mol. The van der Waals surface area contributed by atoms with Crippen molar-refractivity contribution in [3.05, 3.63) is 76.1 Å². The Bertz CT molecular complexity index is 872. The first kappa shape index (κ1) is 17.0. The Balaban J connectivity index is 1.93. The zero-order valence-corrected chi connectivity index (χ0v) is 14.6. The molecule has 0 saturated carbocycles. The van der Waals surface area contributed by atoms with Gasteiger partial charge in [0.15, 0.2) is 5.78 Å². The monoisotopic (exact) mass is 351 g/mol. The summed E-state index contributed by atoms with van der Waals surface area (Å²) in [6.45, 7) is 2.06. The number of aromatic nitrogens is 1. The van der Waals surface area contributed by atoms with Crippen molar-refractivity contribution in [2.24, 2.45) is 0 Å². The minimum atomic E-state index is -0.405. The van der Waals surface area contributed by atoms with Crippen LogP contribution in [0.4, 0.5) is 0 Å². The summed E-state index contributed by atoms with van der Waals surface area (Å²) in [5.41, 5.74) is 2.04. The van der Waals surface area contributed by atoms with E-state index in [9.17, 15) is 9.59 Å². The molecule has 0 aliphatic carbocycles. The lowest BCUT2D eigenvalue weighted by atomic mass is 10.1. The molecule has 25 heavy (non-hydrogen) atoms. The second kappa shape index (κ2) is 7.85. The first-order chi connectivity index (χ1) is 12.2. The minimum absolute atomic E-state index is 0.0237. The third-order valence-corrected chi connectivity index (χ3v) is 4.62. The lowest BCUT2D eigenvalue weighted by molar-refractivity contribution is 0.0532. The molecule has 0 spiro atoms. The molecule has 0 amide bonds. The number of rotatable bonds is 6. The Kier molecular flexibility index (Phi) is 5.36. The zero-order chi connectivity index (χ0) is 17.6. The SMILES string of the molecule is CCOC(=O)c1sc(CC(=O)c2ccccc2)nc1-c1ccccc1. The lowest BCUT2D eigenvalue weighted by Gasteiger charge is -2.01. The number of carbonyl (C=O) groups excluding carboxylic acids is 2. The van der Waals surface area contributed by atoms with E-state index >= 15 is 0 Å². The quantitative estimate of drug-likeness (QED) is 0.487. The highest BCUT2D eigenvalue weighted by atomic mass is 32.1. The normalized spacial score (nSPS) is 10.4. The third-order valence-electron chi connectivity index (χ3n) is 3.59. The molecule has 0 aliphatic heterocycles. The van der Waals surface area contributed by atoms with Crippen molar-refractivity contribution in [2.45, 2.75) is 13.3 Å². The van der Waals surface area contributed by atoms with Crippen LogP contribution in [0.15, 0.2) is 60.7 Å². The molecule has 0 saturated heterocycles. The van der Waals surface area contributed by atoms with E-state index in [1.807, 2.05) is 48.5 Å². The maximum atomic E-state index is 12.4. The lowest BCUT2D eigenvalue weighted by Crippen LogP contribution is -2.03. The van der Waals surface area contributed by atoms with E-state index in [2.05, 4.69) is 4.98 Å². The summed E-state index contributed by atoms with van der Waals surface area (Å²) < 4.78 is 5.14. The number of benzene rings is 2. The van der Waals surface area contributed by atoms with Gasteiger partial charge in [0.2, 0.25) is 0 Å². The molecule has 0 fully saturated rings. The summed E-state index contributed by atoms with van der Waals surface area (Å²) in [6, 6.07) is 18.5. The predicted octanol–water partition coefficient (Wildman–Crippen LogP) is 4.41. The van der Waals surface area contributed by atoms with Gasteiger partial charge in [-0.15, -0.1) is 11.3 Å². The molecule has 1 aromatic heterocycles. The first-order valence-electron chi connectivity index (χ1n) is 7.99. The summed E-state index contributed by atoms with van der Waals surface area (Å²) in [6.07, 6.45) is 0.161. The summed E-state index contributed by atoms with van der Waals surface area (Å²) >= 11 is 1.22. The molecule has 0 radical (unpaired) electrons. The summed E-state index contributed by atoms with van der Waals surface area (Å²) in [5.74, 6) is -0.429. The standard InChI is InChI=1S/C20H17NO3S/c1-2-24-20(23)19-18(15-11-7-4-8-12-15)21-17(25-19)13-16(22)14-9-5-3-6-10-14/h3-12H,2,13H2,1H3. The van der Waals surface area contributed by atoms with Crippen molar-refractivity contribution in [3.63, 3.8) is 0 Å². The number of hydrogen-bond donors (Lipinski definition) is 0. The number of esters is 1. The second-order valence-corrected chi connectivity index (χ2v) is 6.42. The van der Waals surface area contributed by atoms with Gasteiger partial charge in [0.05, 0.1) is 18.7 Å². The van der Waals surface area contributed by atoms with Gasteiger partial charge < -0.3 is 4.74 Å². The molecule has 0 unspecified atom stereocenters. The van der Waals surface area contributed by atoms with E-state index in [1.165, 1.54) is 11.3 Å². The smallest absolute Gasteiger partial charge is 0.350 e. The molecule has 126 valence electrons. The number of hydrogen-bond acceptors (Lipinski definition) is 5. The average molecular weight is 351 g/mol. The van der Waals surface area contributed by atoms with E-state index in [4.69, 9.17) is 4.74 Å². The van der Waals surface area contributed by atoms with Gasteiger partial charge in [-0.2, -0.15) is 0 Å². The molecule has 3 rings (SSSR count). The Morgan fingerprint density at radius 3 is 2.28 bits per heavy atom. The molecular weight excluding hydrogens is 334 g/mol. The number of carbonyl (C=O) groups is 2. The molecule has 4 nitrogen and oxygen atoms in total. The first-order valence-corrected chi connectivity index (χ1v) is 8.81. The number of nitrogens with zero attached hydrogens (tertiary/aromatic N) is 1. The highest BCUT2D eigenvalue weighted by Gasteiger charge is 2.21. The van der Waals surface area contributed by atoms with Crippen LogP contribution in [-0.2, 0) is 11.2 Å². The van der Waals surface area contributed by atoms with Crippen molar-refractivity contribution in [1.82, 2.24) is 4.98 Å². The number of ketones is 1. The zero-order valence-electron chi connectivity index (χ0n) is 13.8. The van der Waals surface area contributed by atoms with Crippen LogP contribution >= 0.6 is 11.3 Å². The van der Waals surface area contributed by atoms with E-state index in [-0.39, 0.29) is 12.2 Å². The minimum Gasteiger partial charge on any atom is -0.462 e. The third kappa shape index (κ3) is 4.00. The van der Waals surface area contributed by atoms with Gasteiger partial charge in [0.25, 0.3) is 0 Å². The Morgan fingerprint density at radius 2 is 1.64 bits per heavy atom. The van der Waals surface area contributed by atoms with Gasteiger partial charge in [0.1, 0.15) is 9.88 Å².